The lowest BCUT2D eigenvalue weighted by molar-refractivity contribution is 0.171. The molecule has 2 rings (SSSR count). The molecule has 0 spiro atoms. The molecule has 1 aromatic rings. The van der Waals surface area contributed by atoms with E-state index in [2.05, 4.69) is 35.3 Å². The molecule has 1 fully saturated rings. The molecule has 1 unspecified atom stereocenters. The first-order valence-electron chi connectivity index (χ1n) is 6.40. The molecular weight excluding hydrogens is 230 g/mol. The lowest BCUT2D eigenvalue weighted by atomic mass is 10.1. The molecule has 17 heavy (non-hydrogen) atoms. The van der Waals surface area contributed by atoms with Crippen LogP contribution in [0.4, 0.5) is 0 Å². The third-order valence-corrected chi connectivity index (χ3v) is 6.90. The molecule has 0 bridgehead atoms. The monoisotopic (exact) mass is 251 g/mol. The van der Waals surface area contributed by atoms with Crippen LogP contribution in [0.2, 0.25) is 0 Å². The van der Waals surface area contributed by atoms with Gasteiger partial charge in [0.2, 0.25) is 0 Å². The van der Waals surface area contributed by atoms with Crippen LogP contribution in [0.25, 0.3) is 0 Å². The molecule has 1 atom stereocenters. The summed E-state index contributed by atoms with van der Waals surface area (Å²) >= 11 is 0. The third kappa shape index (κ3) is 2.60. The second kappa shape index (κ2) is 5.77. The van der Waals surface area contributed by atoms with E-state index in [1.807, 2.05) is 13.8 Å². The van der Waals surface area contributed by atoms with Crippen LogP contribution < -0.4 is 4.98 Å². The van der Waals surface area contributed by atoms with Crippen molar-refractivity contribution in [3.05, 3.63) is 35.9 Å². The van der Waals surface area contributed by atoms with Gasteiger partial charge in [-0.1, -0.05) is 30.3 Å². The molecule has 0 saturated carbocycles. The molecule has 1 saturated heterocycles. The zero-order valence-electron chi connectivity index (χ0n) is 10.6. The van der Waals surface area contributed by atoms with Crippen LogP contribution in [-0.2, 0) is 8.85 Å². The van der Waals surface area contributed by atoms with Crippen LogP contribution in [0.3, 0.4) is 0 Å². The van der Waals surface area contributed by atoms with Crippen LogP contribution >= 0.6 is 0 Å². The van der Waals surface area contributed by atoms with Gasteiger partial charge in [-0.25, -0.2) is 0 Å². The predicted molar refractivity (Wildman–Crippen MR) is 70.8 cm³/mol. The lowest BCUT2D eigenvalue weighted by Gasteiger charge is -2.30. The Morgan fingerprint density at radius 1 is 1.18 bits per heavy atom. The molecule has 1 aliphatic heterocycles. The topological polar surface area (TPSA) is 30.5 Å². The Balaban J connectivity index is 2.25. The minimum atomic E-state index is -2.25. The SMILES string of the molecule is CCO[Si]1(OCC)NCCC1c1ccccc1. The molecule has 0 aromatic heterocycles. The number of nitrogens with one attached hydrogen (secondary N) is 1. The highest BCUT2D eigenvalue weighted by Gasteiger charge is 2.51. The minimum absolute atomic E-state index is 0.406. The summed E-state index contributed by atoms with van der Waals surface area (Å²) in [5.41, 5.74) is 1.75. The van der Waals surface area contributed by atoms with Gasteiger partial charge < -0.3 is 8.85 Å². The van der Waals surface area contributed by atoms with E-state index in [9.17, 15) is 0 Å². The Kier molecular flexibility index (Phi) is 4.34. The number of benzene rings is 1. The molecule has 3 nitrogen and oxygen atoms in total. The van der Waals surface area contributed by atoms with Crippen molar-refractivity contribution in [1.82, 2.24) is 4.98 Å². The van der Waals surface area contributed by atoms with Crippen LogP contribution in [-0.4, -0.2) is 28.5 Å². The molecule has 0 amide bonds. The first-order valence-corrected chi connectivity index (χ1v) is 8.29. The minimum Gasteiger partial charge on any atom is -0.383 e. The molecule has 4 heteroatoms. The number of hydrogen-bond acceptors (Lipinski definition) is 3. The summed E-state index contributed by atoms with van der Waals surface area (Å²) in [6.45, 7) is 6.49. The van der Waals surface area contributed by atoms with Gasteiger partial charge in [0.05, 0.1) is 0 Å². The lowest BCUT2D eigenvalue weighted by Crippen LogP contribution is -2.56. The van der Waals surface area contributed by atoms with Crippen molar-refractivity contribution in [2.24, 2.45) is 0 Å². The van der Waals surface area contributed by atoms with Crippen molar-refractivity contribution >= 4 is 8.72 Å². The summed E-state index contributed by atoms with van der Waals surface area (Å²) in [4.78, 5) is 3.51. The molecule has 0 radical (unpaired) electrons. The Bertz CT molecular complexity index is 339. The largest absolute Gasteiger partial charge is 0.432 e. The summed E-state index contributed by atoms with van der Waals surface area (Å²) in [6.07, 6.45) is 1.11. The highest BCUT2D eigenvalue weighted by atomic mass is 28.4. The summed E-state index contributed by atoms with van der Waals surface area (Å²) in [5, 5.41) is 0. The Morgan fingerprint density at radius 3 is 2.41 bits per heavy atom. The van der Waals surface area contributed by atoms with E-state index in [4.69, 9.17) is 8.85 Å². The second-order valence-corrected chi connectivity index (χ2v) is 7.18. The summed E-state index contributed by atoms with van der Waals surface area (Å²) in [7, 11) is -2.25. The van der Waals surface area contributed by atoms with E-state index >= 15 is 0 Å². The first kappa shape index (κ1) is 12.8. The maximum atomic E-state index is 6.00. The summed E-state index contributed by atoms with van der Waals surface area (Å²) in [5.74, 6) is 0. The van der Waals surface area contributed by atoms with E-state index in [-0.39, 0.29) is 0 Å². The zero-order chi connectivity index (χ0) is 12.1. The van der Waals surface area contributed by atoms with E-state index in [0.29, 0.717) is 18.8 Å². The fourth-order valence-electron chi connectivity index (χ4n) is 2.55. The van der Waals surface area contributed by atoms with Crippen molar-refractivity contribution in [3.63, 3.8) is 0 Å². The van der Waals surface area contributed by atoms with Gasteiger partial charge in [-0.3, -0.25) is 4.98 Å². The second-order valence-electron chi connectivity index (χ2n) is 4.21. The standard InChI is InChI=1S/C13H21NO2Si/c1-3-15-17(16-4-2)13(10-11-14-17)12-8-6-5-7-9-12/h5-9,13-14H,3-4,10-11H2,1-2H3. The first-order chi connectivity index (χ1) is 8.32. The molecule has 1 heterocycles. The van der Waals surface area contributed by atoms with Crippen molar-refractivity contribution in [2.45, 2.75) is 25.8 Å². The fraction of sp³-hybridized carbons (Fsp3) is 0.538. The number of rotatable bonds is 5. The maximum Gasteiger partial charge on any atom is 0.432 e. The number of hydrogen-bond donors (Lipinski definition) is 1. The molecule has 1 aromatic carbocycles. The van der Waals surface area contributed by atoms with Gasteiger partial charge in [0.25, 0.3) is 0 Å². The molecule has 94 valence electrons. The summed E-state index contributed by atoms with van der Waals surface area (Å²) < 4.78 is 12.0. The van der Waals surface area contributed by atoms with Crippen LogP contribution in [0.15, 0.2) is 30.3 Å². The van der Waals surface area contributed by atoms with Gasteiger partial charge in [-0.15, -0.1) is 0 Å². The average Bonchev–Trinajstić information content (AvgIpc) is 2.75. The van der Waals surface area contributed by atoms with Gasteiger partial charge in [0.15, 0.2) is 0 Å². The van der Waals surface area contributed by atoms with Crippen molar-refractivity contribution < 1.29 is 8.85 Å². The molecule has 1 aliphatic rings. The van der Waals surface area contributed by atoms with Gasteiger partial charge in [0, 0.05) is 18.8 Å². The Hall–Kier alpha value is -0.683. The quantitative estimate of drug-likeness (QED) is 0.815. The van der Waals surface area contributed by atoms with Crippen molar-refractivity contribution in [1.29, 1.82) is 0 Å². The van der Waals surface area contributed by atoms with E-state index in [1.54, 1.807) is 0 Å². The smallest absolute Gasteiger partial charge is 0.383 e. The maximum absolute atomic E-state index is 6.00. The van der Waals surface area contributed by atoms with Crippen LogP contribution in [0.5, 0.6) is 0 Å². The molecule has 0 aliphatic carbocycles. The highest BCUT2D eigenvalue weighted by molar-refractivity contribution is 6.67. The highest BCUT2D eigenvalue weighted by Crippen LogP contribution is 2.34. The zero-order valence-corrected chi connectivity index (χ0v) is 11.6. The average molecular weight is 251 g/mol. The fourth-order valence-corrected chi connectivity index (χ4v) is 5.99. The van der Waals surface area contributed by atoms with E-state index < -0.39 is 8.72 Å². The van der Waals surface area contributed by atoms with Gasteiger partial charge >= 0.3 is 8.72 Å². The molecular formula is C13H21NO2Si. The van der Waals surface area contributed by atoms with Crippen LogP contribution in [0.1, 0.15) is 31.4 Å². The van der Waals surface area contributed by atoms with Gasteiger partial charge in [0.1, 0.15) is 0 Å². The van der Waals surface area contributed by atoms with Crippen molar-refractivity contribution in [3.8, 4) is 0 Å². The summed E-state index contributed by atoms with van der Waals surface area (Å²) in [6, 6.07) is 10.6. The third-order valence-electron chi connectivity index (χ3n) is 3.18. The normalized spacial score (nSPS) is 22.8. The van der Waals surface area contributed by atoms with Gasteiger partial charge in [-0.05, 0) is 32.4 Å². The van der Waals surface area contributed by atoms with E-state index in [0.717, 1.165) is 13.0 Å². The Morgan fingerprint density at radius 2 is 1.82 bits per heavy atom. The Labute approximate surface area is 104 Å². The van der Waals surface area contributed by atoms with E-state index in [1.165, 1.54) is 5.56 Å². The predicted octanol–water partition coefficient (Wildman–Crippen LogP) is 2.31. The van der Waals surface area contributed by atoms with Crippen LogP contribution in [0, 0.1) is 0 Å². The molecule has 1 N–H and O–H groups in total. The van der Waals surface area contributed by atoms with Crippen molar-refractivity contribution in [2.75, 3.05) is 19.8 Å². The van der Waals surface area contributed by atoms with Gasteiger partial charge in [-0.2, -0.15) is 0 Å².